The fraction of sp³-hybridized carbons (Fsp3) is 0.0526. The van der Waals surface area contributed by atoms with Gasteiger partial charge in [-0.15, -0.1) is 11.3 Å². The normalized spacial score (nSPS) is 11.6. The molecule has 3 nitrogen and oxygen atoms in total. The summed E-state index contributed by atoms with van der Waals surface area (Å²) < 4.78 is 2.86. The van der Waals surface area contributed by atoms with Gasteiger partial charge in [-0.2, -0.15) is 5.10 Å². The van der Waals surface area contributed by atoms with E-state index in [0.717, 1.165) is 27.5 Å². The SMILES string of the molecule is Cc1nn(-c2cccc(Cl)c2)c(Cl)c1C=Cc1nc2ccccc2s1. The minimum Gasteiger partial charge on any atom is -0.237 e. The molecule has 2 aromatic heterocycles. The van der Waals surface area contributed by atoms with Gasteiger partial charge in [0, 0.05) is 10.6 Å². The Hall–Kier alpha value is -2.14. The number of hydrogen-bond acceptors (Lipinski definition) is 3. The predicted octanol–water partition coefficient (Wildman–Crippen LogP) is 6.27. The molecular weight excluding hydrogens is 373 g/mol. The van der Waals surface area contributed by atoms with Crippen molar-refractivity contribution in [3.05, 3.63) is 75.0 Å². The van der Waals surface area contributed by atoms with Crippen LogP contribution in [0, 0.1) is 6.92 Å². The maximum atomic E-state index is 6.55. The molecule has 0 saturated carbocycles. The average molecular weight is 386 g/mol. The quantitative estimate of drug-likeness (QED) is 0.416. The summed E-state index contributed by atoms with van der Waals surface area (Å²) in [4.78, 5) is 4.61. The number of thiazole rings is 1. The Bertz CT molecular complexity index is 1060. The van der Waals surface area contributed by atoms with Crippen molar-refractivity contribution in [1.29, 1.82) is 0 Å². The van der Waals surface area contributed by atoms with Crippen molar-refractivity contribution >= 4 is 56.9 Å². The zero-order valence-electron chi connectivity index (χ0n) is 13.3. The van der Waals surface area contributed by atoms with E-state index in [1.807, 2.05) is 61.5 Å². The van der Waals surface area contributed by atoms with Crippen molar-refractivity contribution in [2.75, 3.05) is 0 Å². The van der Waals surface area contributed by atoms with Gasteiger partial charge < -0.3 is 0 Å². The van der Waals surface area contributed by atoms with Crippen LogP contribution in [-0.4, -0.2) is 14.8 Å². The summed E-state index contributed by atoms with van der Waals surface area (Å²) in [5, 5.41) is 6.67. The van der Waals surface area contributed by atoms with E-state index in [2.05, 4.69) is 16.1 Å². The van der Waals surface area contributed by atoms with Gasteiger partial charge in [0.1, 0.15) is 10.2 Å². The van der Waals surface area contributed by atoms with Crippen molar-refractivity contribution in [2.24, 2.45) is 0 Å². The summed E-state index contributed by atoms with van der Waals surface area (Å²) in [5.74, 6) is 0. The van der Waals surface area contributed by atoms with Crippen molar-refractivity contribution in [3.63, 3.8) is 0 Å². The van der Waals surface area contributed by atoms with Gasteiger partial charge in [0.05, 0.1) is 21.6 Å². The highest BCUT2D eigenvalue weighted by Gasteiger charge is 2.13. The average Bonchev–Trinajstić information content (AvgIpc) is 3.14. The highest BCUT2D eigenvalue weighted by atomic mass is 35.5. The molecule has 25 heavy (non-hydrogen) atoms. The highest BCUT2D eigenvalue weighted by Crippen LogP contribution is 2.28. The Labute approximate surface area is 159 Å². The second-order valence-electron chi connectivity index (χ2n) is 5.53. The van der Waals surface area contributed by atoms with Crippen molar-refractivity contribution in [1.82, 2.24) is 14.8 Å². The zero-order valence-corrected chi connectivity index (χ0v) is 15.6. The van der Waals surface area contributed by atoms with Crippen LogP contribution in [0.4, 0.5) is 0 Å². The van der Waals surface area contributed by atoms with Gasteiger partial charge in [0.2, 0.25) is 0 Å². The molecule has 0 fully saturated rings. The molecule has 0 spiro atoms. The molecule has 124 valence electrons. The van der Waals surface area contributed by atoms with Gasteiger partial charge in [-0.05, 0) is 49.4 Å². The number of fused-ring (bicyclic) bond motifs is 1. The molecule has 2 heterocycles. The fourth-order valence-corrected chi connectivity index (χ4v) is 3.99. The van der Waals surface area contributed by atoms with E-state index in [1.54, 1.807) is 16.0 Å². The number of halogens is 2. The van der Waals surface area contributed by atoms with Crippen LogP contribution in [0.25, 0.3) is 28.1 Å². The molecule has 0 amide bonds. The van der Waals surface area contributed by atoms with Crippen molar-refractivity contribution < 1.29 is 0 Å². The minimum atomic E-state index is 0.553. The monoisotopic (exact) mass is 385 g/mol. The summed E-state index contributed by atoms with van der Waals surface area (Å²) in [6, 6.07) is 15.5. The lowest BCUT2D eigenvalue weighted by Gasteiger charge is -2.03. The number of hydrogen-bond donors (Lipinski definition) is 0. The molecule has 0 atom stereocenters. The Kier molecular flexibility index (Phi) is 4.34. The van der Waals surface area contributed by atoms with Crippen LogP contribution in [0.2, 0.25) is 10.2 Å². The summed E-state index contributed by atoms with van der Waals surface area (Å²) in [6.07, 6.45) is 3.94. The molecule has 0 aliphatic rings. The molecule has 0 aliphatic heterocycles. The molecule has 4 rings (SSSR count). The van der Waals surface area contributed by atoms with Crippen molar-refractivity contribution in [3.8, 4) is 5.69 Å². The van der Waals surface area contributed by atoms with E-state index in [-0.39, 0.29) is 0 Å². The topological polar surface area (TPSA) is 30.7 Å². The summed E-state index contributed by atoms with van der Waals surface area (Å²) in [7, 11) is 0. The maximum absolute atomic E-state index is 6.55. The molecule has 4 aromatic rings. The van der Waals surface area contributed by atoms with Crippen molar-refractivity contribution in [2.45, 2.75) is 6.92 Å². The van der Waals surface area contributed by atoms with E-state index in [0.29, 0.717) is 10.2 Å². The molecule has 0 aliphatic carbocycles. The van der Waals surface area contributed by atoms with Gasteiger partial charge in [-0.3, -0.25) is 0 Å². The van der Waals surface area contributed by atoms with Gasteiger partial charge in [-0.1, -0.05) is 41.4 Å². The van der Waals surface area contributed by atoms with Gasteiger partial charge >= 0.3 is 0 Å². The number of aryl methyl sites for hydroxylation is 1. The van der Waals surface area contributed by atoms with Crippen LogP contribution >= 0.6 is 34.5 Å². The lowest BCUT2D eigenvalue weighted by molar-refractivity contribution is 0.863. The second-order valence-corrected chi connectivity index (χ2v) is 7.39. The lowest BCUT2D eigenvalue weighted by Crippen LogP contribution is -1.96. The molecule has 0 unspecified atom stereocenters. The first-order valence-corrected chi connectivity index (χ1v) is 9.24. The Morgan fingerprint density at radius 3 is 2.68 bits per heavy atom. The molecular formula is C19H13Cl2N3S. The first-order valence-electron chi connectivity index (χ1n) is 7.66. The van der Waals surface area contributed by atoms with Crippen LogP contribution in [0.15, 0.2) is 48.5 Å². The van der Waals surface area contributed by atoms with Crippen LogP contribution in [0.3, 0.4) is 0 Å². The summed E-state index contributed by atoms with van der Waals surface area (Å²) in [6.45, 7) is 1.94. The first kappa shape index (κ1) is 16.3. The van der Waals surface area contributed by atoms with E-state index < -0.39 is 0 Å². The van der Waals surface area contributed by atoms with Crippen LogP contribution in [0.5, 0.6) is 0 Å². The maximum Gasteiger partial charge on any atom is 0.140 e. The predicted molar refractivity (Wildman–Crippen MR) is 107 cm³/mol. The van der Waals surface area contributed by atoms with E-state index in [1.165, 1.54) is 4.70 Å². The standard InChI is InChI=1S/C19H13Cl2N3S/c1-12-15(9-10-18-22-16-7-2-3-8-17(16)25-18)19(21)24(23-12)14-6-4-5-13(20)11-14/h2-11H,1H3. The lowest BCUT2D eigenvalue weighted by atomic mass is 10.2. The third-order valence-corrected chi connectivity index (χ3v) is 5.40. The third-order valence-electron chi connectivity index (χ3n) is 3.80. The van der Waals surface area contributed by atoms with Crippen LogP contribution < -0.4 is 0 Å². The molecule has 0 N–H and O–H groups in total. The Morgan fingerprint density at radius 1 is 1.04 bits per heavy atom. The Balaban J connectivity index is 1.71. The van der Waals surface area contributed by atoms with Crippen LogP contribution in [0.1, 0.15) is 16.3 Å². The molecule has 0 bridgehead atoms. The number of rotatable bonds is 3. The number of nitrogens with zero attached hydrogens (tertiary/aromatic N) is 3. The minimum absolute atomic E-state index is 0.553. The van der Waals surface area contributed by atoms with Gasteiger partial charge in [0.15, 0.2) is 0 Å². The molecule has 0 saturated heterocycles. The number of para-hydroxylation sites is 1. The summed E-state index contributed by atoms with van der Waals surface area (Å²) in [5.41, 5.74) is 3.56. The van der Waals surface area contributed by atoms with E-state index >= 15 is 0 Å². The van der Waals surface area contributed by atoms with Crippen LogP contribution in [-0.2, 0) is 0 Å². The third kappa shape index (κ3) is 3.21. The smallest absolute Gasteiger partial charge is 0.140 e. The highest BCUT2D eigenvalue weighted by molar-refractivity contribution is 7.19. The number of aromatic nitrogens is 3. The Morgan fingerprint density at radius 2 is 1.88 bits per heavy atom. The van der Waals surface area contributed by atoms with Gasteiger partial charge in [0.25, 0.3) is 0 Å². The first-order chi connectivity index (χ1) is 12.1. The largest absolute Gasteiger partial charge is 0.237 e. The fourth-order valence-electron chi connectivity index (χ4n) is 2.60. The summed E-state index contributed by atoms with van der Waals surface area (Å²) >= 11 is 14.3. The zero-order chi connectivity index (χ0) is 17.4. The van der Waals surface area contributed by atoms with E-state index in [9.17, 15) is 0 Å². The molecule has 6 heteroatoms. The van der Waals surface area contributed by atoms with Gasteiger partial charge in [-0.25, -0.2) is 9.67 Å². The molecule has 0 radical (unpaired) electrons. The molecule has 2 aromatic carbocycles. The number of benzene rings is 2. The van der Waals surface area contributed by atoms with E-state index in [4.69, 9.17) is 23.2 Å². The second kappa shape index (κ2) is 6.64.